The molecule has 0 radical (unpaired) electrons. The Bertz CT molecular complexity index is 225. The molecule has 0 aliphatic carbocycles. The van der Waals surface area contributed by atoms with Crippen molar-refractivity contribution < 1.29 is 4.74 Å². The molecule has 2 heteroatoms. The lowest BCUT2D eigenvalue weighted by Crippen LogP contribution is -2.54. The number of nitrogens with zero attached hydrogens (tertiary/aromatic N) is 1. The second-order valence-corrected chi connectivity index (χ2v) is 6.78. The Morgan fingerprint density at radius 2 is 1.38 bits per heavy atom. The number of piperidine rings is 1. The third-order valence-corrected chi connectivity index (χ3v) is 3.91. The lowest BCUT2D eigenvalue weighted by molar-refractivity contribution is -0.178. The summed E-state index contributed by atoms with van der Waals surface area (Å²) in [7, 11) is 0. The molecular formula is C14H27NO. The highest BCUT2D eigenvalue weighted by Gasteiger charge is 2.41. The molecule has 94 valence electrons. The summed E-state index contributed by atoms with van der Waals surface area (Å²) in [5, 5.41) is 0. The van der Waals surface area contributed by atoms with Gasteiger partial charge in [-0.1, -0.05) is 6.42 Å². The van der Waals surface area contributed by atoms with Gasteiger partial charge in [0.05, 0.1) is 11.2 Å². The van der Waals surface area contributed by atoms with Gasteiger partial charge in [0.15, 0.2) is 0 Å². The summed E-state index contributed by atoms with van der Waals surface area (Å²) in [6.07, 6.45) is 6.58. The highest BCUT2D eigenvalue weighted by molar-refractivity contribution is 4.93. The summed E-state index contributed by atoms with van der Waals surface area (Å²) in [6.45, 7) is 11.6. The van der Waals surface area contributed by atoms with E-state index in [0.717, 1.165) is 6.04 Å². The van der Waals surface area contributed by atoms with Crippen molar-refractivity contribution in [2.45, 2.75) is 77.0 Å². The molecule has 0 aromatic rings. The number of likely N-dealkylation sites (tertiary alicyclic amines) is 1. The van der Waals surface area contributed by atoms with E-state index in [1.807, 2.05) is 0 Å². The summed E-state index contributed by atoms with van der Waals surface area (Å²) in [5.74, 6) is 0. The van der Waals surface area contributed by atoms with Crippen LogP contribution in [0, 0.1) is 0 Å². The van der Waals surface area contributed by atoms with Gasteiger partial charge in [0.2, 0.25) is 0 Å². The van der Waals surface area contributed by atoms with Gasteiger partial charge in [-0.05, 0) is 66.5 Å². The fourth-order valence-electron chi connectivity index (χ4n) is 3.58. The molecule has 0 amide bonds. The largest absolute Gasteiger partial charge is 0.370 e. The molecule has 0 N–H and O–H groups in total. The second kappa shape index (κ2) is 4.30. The Kier molecular flexibility index (Phi) is 3.33. The van der Waals surface area contributed by atoms with Crippen molar-refractivity contribution in [2.24, 2.45) is 0 Å². The topological polar surface area (TPSA) is 12.5 Å². The maximum Gasteiger partial charge on any atom is 0.0648 e. The van der Waals surface area contributed by atoms with Gasteiger partial charge in [0, 0.05) is 6.04 Å². The highest BCUT2D eigenvalue weighted by atomic mass is 16.5. The molecule has 2 heterocycles. The van der Waals surface area contributed by atoms with E-state index in [-0.39, 0.29) is 11.2 Å². The van der Waals surface area contributed by atoms with Gasteiger partial charge in [-0.3, -0.25) is 0 Å². The molecule has 16 heavy (non-hydrogen) atoms. The van der Waals surface area contributed by atoms with Crippen LogP contribution in [0.3, 0.4) is 0 Å². The minimum absolute atomic E-state index is 0.0455. The maximum atomic E-state index is 6.16. The van der Waals surface area contributed by atoms with Crippen molar-refractivity contribution in [3.63, 3.8) is 0 Å². The number of hydrogen-bond acceptors (Lipinski definition) is 2. The van der Waals surface area contributed by atoms with E-state index in [2.05, 4.69) is 32.6 Å². The SMILES string of the molecule is CC1(C)CC(N2CCCCC2)CC(C)(C)O1. The smallest absolute Gasteiger partial charge is 0.0648 e. The fraction of sp³-hybridized carbons (Fsp3) is 1.00. The molecule has 0 unspecified atom stereocenters. The Morgan fingerprint density at radius 3 is 1.88 bits per heavy atom. The van der Waals surface area contributed by atoms with Crippen LogP contribution in [0.5, 0.6) is 0 Å². The summed E-state index contributed by atoms with van der Waals surface area (Å²) in [6, 6.07) is 0.735. The van der Waals surface area contributed by atoms with Gasteiger partial charge < -0.3 is 9.64 Å². The minimum Gasteiger partial charge on any atom is -0.370 e. The van der Waals surface area contributed by atoms with Crippen LogP contribution in [-0.2, 0) is 4.74 Å². The molecule has 2 rings (SSSR count). The third-order valence-electron chi connectivity index (χ3n) is 3.91. The zero-order valence-corrected chi connectivity index (χ0v) is 11.4. The third kappa shape index (κ3) is 2.98. The predicted molar refractivity (Wildman–Crippen MR) is 67.7 cm³/mol. The van der Waals surface area contributed by atoms with E-state index >= 15 is 0 Å². The van der Waals surface area contributed by atoms with Crippen molar-refractivity contribution in [3.8, 4) is 0 Å². The van der Waals surface area contributed by atoms with Crippen LogP contribution in [-0.4, -0.2) is 35.2 Å². The zero-order valence-electron chi connectivity index (χ0n) is 11.4. The molecule has 2 saturated heterocycles. The molecule has 2 fully saturated rings. The van der Waals surface area contributed by atoms with Crippen LogP contribution in [0.15, 0.2) is 0 Å². The van der Waals surface area contributed by atoms with Gasteiger partial charge in [-0.15, -0.1) is 0 Å². The van der Waals surface area contributed by atoms with Crippen molar-refractivity contribution in [1.29, 1.82) is 0 Å². The fourth-order valence-corrected chi connectivity index (χ4v) is 3.58. The molecule has 0 aromatic heterocycles. The molecular weight excluding hydrogens is 198 g/mol. The average Bonchev–Trinajstić information content (AvgIpc) is 2.14. The maximum absolute atomic E-state index is 6.16. The summed E-state index contributed by atoms with van der Waals surface area (Å²) in [5.41, 5.74) is 0.0910. The first-order chi connectivity index (χ1) is 7.38. The van der Waals surface area contributed by atoms with E-state index in [1.165, 1.54) is 45.2 Å². The predicted octanol–water partition coefficient (Wildman–Crippen LogP) is 3.21. The Balaban J connectivity index is 2.03. The monoisotopic (exact) mass is 225 g/mol. The standard InChI is InChI=1S/C14H27NO/c1-13(2)10-12(11-14(3,4)16-13)15-8-6-5-7-9-15/h12H,5-11H2,1-4H3. The number of rotatable bonds is 1. The van der Waals surface area contributed by atoms with Gasteiger partial charge >= 0.3 is 0 Å². The lowest BCUT2D eigenvalue weighted by atomic mass is 9.84. The van der Waals surface area contributed by atoms with Crippen LogP contribution < -0.4 is 0 Å². The van der Waals surface area contributed by atoms with Crippen LogP contribution in [0.1, 0.15) is 59.8 Å². The first-order valence-corrected chi connectivity index (χ1v) is 6.82. The lowest BCUT2D eigenvalue weighted by Gasteiger charge is -2.49. The van der Waals surface area contributed by atoms with Crippen LogP contribution >= 0.6 is 0 Å². The van der Waals surface area contributed by atoms with Crippen molar-refractivity contribution in [3.05, 3.63) is 0 Å². The van der Waals surface area contributed by atoms with Gasteiger partial charge in [-0.25, -0.2) is 0 Å². The molecule has 2 nitrogen and oxygen atoms in total. The number of ether oxygens (including phenoxy) is 1. The van der Waals surface area contributed by atoms with Crippen LogP contribution in [0.2, 0.25) is 0 Å². The van der Waals surface area contributed by atoms with E-state index in [4.69, 9.17) is 4.74 Å². The van der Waals surface area contributed by atoms with Crippen molar-refractivity contribution in [2.75, 3.05) is 13.1 Å². The zero-order chi connectivity index (χ0) is 11.8. The molecule has 0 spiro atoms. The first-order valence-electron chi connectivity index (χ1n) is 6.82. The van der Waals surface area contributed by atoms with Crippen molar-refractivity contribution in [1.82, 2.24) is 4.90 Å². The van der Waals surface area contributed by atoms with Gasteiger partial charge in [0.25, 0.3) is 0 Å². The Labute approximate surface area is 100 Å². The van der Waals surface area contributed by atoms with Gasteiger partial charge in [-0.2, -0.15) is 0 Å². The summed E-state index contributed by atoms with van der Waals surface area (Å²) in [4.78, 5) is 2.70. The molecule has 0 atom stereocenters. The van der Waals surface area contributed by atoms with Crippen LogP contribution in [0.25, 0.3) is 0 Å². The molecule has 0 aromatic carbocycles. The van der Waals surface area contributed by atoms with Crippen molar-refractivity contribution >= 4 is 0 Å². The van der Waals surface area contributed by atoms with E-state index in [1.54, 1.807) is 0 Å². The molecule has 2 aliphatic rings. The average molecular weight is 225 g/mol. The summed E-state index contributed by atoms with van der Waals surface area (Å²) < 4.78 is 6.16. The Hall–Kier alpha value is -0.0800. The van der Waals surface area contributed by atoms with Crippen LogP contribution in [0.4, 0.5) is 0 Å². The molecule has 0 saturated carbocycles. The number of hydrogen-bond donors (Lipinski definition) is 0. The Morgan fingerprint density at radius 1 is 0.875 bits per heavy atom. The van der Waals surface area contributed by atoms with E-state index < -0.39 is 0 Å². The second-order valence-electron chi connectivity index (χ2n) is 6.78. The minimum atomic E-state index is 0.0455. The molecule has 0 bridgehead atoms. The van der Waals surface area contributed by atoms with Gasteiger partial charge in [0.1, 0.15) is 0 Å². The normalized spacial score (nSPS) is 31.5. The molecule has 2 aliphatic heterocycles. The van der Waals surface area contributed by atoms with E-state index in [9.17, 15) is 0 Å². The quantitative estimate of drug-likeness (QED) is 0.679. The highest BCUT2D eigenvalue weighted by Crippen LogP contribution is 2.37. The first kappa shape index (κ1) is 12.4. The van der Waals surface area contributed by atoms with E-state index in [0.29, 0.717) is 0 Å². The summed E-state index contributed by atoms with van der Waals surface area (Å²) >= 11 is 0.